The van der Waals surface area contributed by atoms with Crippen molar-refractivity contribution < 1.29 is 9.59 Å². The third kappa shape index (κ3) is 3.45. The minimum Gasteiger partial charge on any atom is -0.331 e. The van der Waals surface area contributed by atoms with E-state index < -0.39 is 5.66 Å². The minimum atomic E-state index is -1.09. The number of rotatable bonds is 3. The highest BCUT2D eigenvalue weighted by molar-refractivity contribution is 9.10. The van der Waals surface area contributed by atoms with Gasteiger partial charge in [0.2, 0.25) is 0 Å². The molecule has 2 fully saturated rings. The molecule has 0 spiro atoms. The molecule has 6 nitrogen and oxygen atoms in total. The van der Waals surface area contributed by atoms with E-state index in [-0.39, 0.29) is 30.1 Å². The van der Waals surface area contributed by atoms with E-state index in [1.54, 1.807) is 0 Å². The van der Waals surface area contributed by atoms with Crippen LogP contribution in [-0.4, -0.2) is 12.1 Å². The summed E-state index contributed by atoms with van der Waals surface area (Å²) >= 11 is 3.48. The summed E-state index contributed by atoms with van der Waals surface area (Å²) in [6.45, 7) is 0. The van der Waals surface area contributed by atoms with Gasteiger partial charge in [0.05, 0.1) is 18.0 Å². The van der Waals surface area contributed by atoms with Crippen LogP contribution in [0, 0.1) is 5.92 Å². The number of halogens is 1. The van der Waals surface area contributed by atoms with Gasteiger partial charge in [-0.05, 0) is 28.8 Å². The molecule has 0 aliphatic carbocycles. The lowest BCUT2D eigenvalue weighted by Gasteiger charge is -2.54. The van der Waals surface area contributed by atoms with Crippen LogP contribution in [-0.2, 0) is 5.66 Å². The number of carbonyl (C=O) groups excluding carboxylic acids is 2. The zero-order valence-corrected chi connectivity index (χ0v) is 18.1. The Morgan fingerprint density at radius 2 is 1.10 bits per heavy atom. The van der Waals surface area contributed by atoms with Crippen LogP contribution in [0.1, 0.15) is 28.8 Å². The number of amides is 4. The summed E-state index contributed by atoms with van der Waals surface area (Å²) < 4.78 is 0.920. The number of hydrogen-bond donors (Lipinski definition) is 4. The van der Waals surface area contributed by atoms with Crippen LogP contribution in [0.25, 0.3) is 0 Å². The van der Waals surface area contributed by atoms with Crippen molar-refractivity contribution in [2.45, 2.75) is 17.7 Å². The van der Waals surface area contributed by atoms with Gasteiger partial charge in [0.1, 0.15) is 5.66 Å². The second-order valence-corrected chi connectivity index (χ2v) is 8.73. The minimum absolute atomic E-state index is 0.256. The number of hydrogen-bond acceptors (Lipinski definition) is 2. The van der Waals surface area contributed by atoms with E-state index in [2.05, 4.69) is 37.2 Å². The van der Waals surface area contributed by atoms with Gasteiger partial charge in [-0.3, -0.25) is 0 Å². The molecule has 4 amide bonds. The van der Waals surface area contributed by atoms with E-state index in [0.717, 1.165) is 21.2 Å². The zero-order chi connectivity index (χ0) is 21.4. The third-order valence-corrected chi connectivity index (χ3v) is 6.56. The van der Waals surface area contributed by atoms with E-state index in [9.17, 15) is 9.59 Å². The lowest BCUT2D eigenvalue weighted by molar-refractivity contribution is 0.0557. The van der Waals surface area contributed by atoms with Crippen LogP contribution < -0.4 is 21.3 Å². The maximum atomic E-state index is 12.9. The van der Waals surface area contributed by atoms with Crippen molar-refractivity contribution in [3.63, 3.8) is 0 Å². The van der Waals surface area contributed by atoms with E-state index in [1.165, 1.54) is 0 Å². The molecule has 0 aromatic heterocycles. The van der Waals surface area contributed by atoms with Gasteiger partial charge in [-0.25, -0.2) is 9.59 Å². The third-order valence-electron chi connectivity index (χ3n) is 6.03. The number of urea groups is 2. The summed E-state index contributed by atoms with van der Waals surface area (Å²) in [6.07, 6.45) is 0. The summed E-state index contributed by atoms with van der Waals surface area (Å²) in [5, 5.41) is 12.3. The Hall–Kier alpha value is -3.32. The largest absolute Gasteiger partial charge is 0.331 e. The van der Waals surface area contributed by atoms with E-state index in [1.807, 2.05) is 84.9 Å². The zero-order valence-electron chi connectivity index (χ0n) is 16.5. The fourth-order valence-corrected chi connectivity index (χ4v) is 5.00. The molecule has 2 atom stereocenters. The Kier molecular flexibility index (Phi) is 4.90. The van der Waals surface area contributed by atoms with Crippen LogP contribution in [0.4, 0.5) is 9.59 Å². The SMILES string of the molecule is O=C1NC(c2ccccc2)C2C(c3ccccc3)NC(=O)NC2(c2ccc(Br)cc2)N1. The Balaban J connectivity index is 1.73. The van der Waals surface area contributed by atoms with Gasteiger partial charge >= 0.3 is 12.1 Å². The highest BCUT2D eigenvalue weighted by Gasteiger charge is 2.57. The van der Waals surface area contributed by atoms with Crippen molar-refractivity contribution in [3.05, 3.63) is 106 Å². The van der Waals surface area contributed by atoms with Crippen LogP contribution in [0.3, 0.4) is 0 Å². The summed E-state index contributed by atoms with van der Waals surface area (Å²) in [7, 11) is 0. The second-order valence-electron chi connectivity index (χ2n) is 7.81. The Morgan fingerprint density at radius 3 is 1.55 bits per heavy atom. The van der Waals surface area contributed by atoms with Gasteiger partial charge in [-0.1, -0.05) is 88.7 Å². The fraction of sp³-hybridized carbons (Fsp3) is 0.167. The van der Waals surface area contributed by atoms with E-state index in [0.29, 0.717) is 0 Å². The average Bonchev–Trinajstić information content (AvgIpc) is 2.79. The number of carbonyl (C=O) groups is 2. The monoisotopic (exact) mass is 476 g/mol. The first-order valence-corrected chi connectivity index (χ1v) is 10.9. The standard InChI is InChI=1S/C24H21BrN4O2/c25-18-13-11-17(12-14-18)24-19(20(26-22(30)28-24)15-7-3-1-4-8-15)21(27-23(31)29-24)16-9-5-2-6-10-16/h1-14,19-21H,(H2,26,28,30)(H2,27,29,31). The van der Waals surface area contributed by atoms with Gasteiger partial charge in [0.15, 0.2) is 0 Å². The molecule has 0 bridgehead atoms. The first kappa shape index (κ1) is 19.6. The summed E-state index contributed by atoms with van der Waals surface area (Å²) in [4.78, 5) is 25.8. The molecule has 2 aliphatic heterocycles. The maximum absolute atomic E-state index is 12.9. The number of nitrogens with one attached hydrogen (secondary N) is 4. The van der Waals surface area contributed by atoms with Gasteiger partial charge in [0, 0.05) is 4.47 Å². The molecule has 3 aromatic carbocycles. The smallest absolute Gasteiger partial charge is 0.317 e. The van der Waals surface area contributed by atoms with Gasteiger partial charge in [0.25, 0.3) is 0 Å². The highest BCUT2D eigenvalue weighted by Crippen LogP contribution is 2.47. The predicted molar refractivity (Wildman–Crippen MR) is 121 cm³/mol. The maximum Gasteiger partial charge on any atom is 0.317 e. The quantitative estimate of drug-likeness (QED) is 0.453. The molecular formula is C24H21BrN4O2. The molecule has 2 aliphatic rings. The lowest BCUT2D eigenvalue weighted by atomic mass is 9.70. The lowest BCUT2D eigenvalue weighted by Crippen LogP contribution is -2.75. The molecule has 7 heteroatoms. The fourth-order valence-electron chi connectivity index (χ4n) is 4.73. The van der Waals surface area contributed by atoms with Crippen LogP contribution in [0.5, 0.6) is 0 Å². The first-order valence-electron chi connectivity index (χ1n) is 10.1. The average molecular weight is 477 g/mol. The molecule has 4 N–H and O–H groups in total. The van der Waals surface area contributed by atoms with Crippen molar-refractivity contribution in [1.82, 2.24) is 21.3 Å². The van der Waals surface area contributed by atoms with Gasteiger partial charge in [-0.2, -0.15) is 0 Å². The van der Waals surface area contributed by atoms with Crippen molar-refractivity contribution in [1.29, 1.82) is 0 Å². The van der Waals surface area contributed by atoms with Crippen LogP contribution >= 0.6 is 15.9 Å². The molecule has 156 valence electrons. The van der Waals surface area contributed by atoms with Crippen molar-refractivity contribution >= 4 is 28.0 Å². The van der Waals surface area contributed by atoms with Crippen LogP contribution in [0.2, 0.25) is 0 Å². The summed E-state index contributed by atoms with van der Waals surface area (Å²) in [5.74, 6) is -0.256. The van der Waals surface area contributed by atoms with Crippen molar-refractivity contribution in [3.8, 4) is 0 Å². The summed E-state index contributed by atoms with van der Waals surface area (Å²) in [5.41, 5.74) is 1.67. The van der Waals surface area contributed by atoms with E-state index in [4.69, 9.17) is 0 Å². The van der Waals surface area contributed by atoms with E-state index >= 15 is 0 Å². The number of fused-ring (bicyclic) bond motifs is 1. The Morgan fingerprint density at radius 1 is 0.645 bits per heavy atom. The first-order chi connectivity index (χ1) is 15.1. The molecule has 2 heterocycles. The highest BCUT2D eigenvalue weighted by atomic mass is 79.9. The Bertz CT molecular complexity index is 1040. The molecule has 5 rings (SSSR count). The Labute approximate surface area is 188 Å². The molecule has 31 heavy (non-hydrogen) atoms. The van der Waals surface area contributed by atoms with Crippen molar-refractivity contribution in [2.24, 2.45) is 5.92 Å². The van der Waals surface area contributed by atoms with Crippen LogP contribution in [0.15, 0.2) is 89.4 Å². The molecule has 2 saturated heterocycles. The molecule has 3 aromatic rings. The topological polar surface area (TPSA) is 82.3 Å². The number of benzene rings is 3. The summed E-state index contributed by atoms with van der Waals surface area (Å²) in [6, 6.07) is 26.1. The molecular weight excluding hydrogens is 456 g/mol. The normalized spacial score (nSPS) is 27.2. The molecule has 0 saturated carbocycles. The predicted octanol–water partition coefficient (Wildman–Crippen LogP) is 4.33. The molecule has 0 radical (unpaired) electrons. The molecule has 2 unspecified atom stereocenters. The van der Waals surface area contributed by atoms with Gasteiger partial charge in [-0.15, -0.1) is 0 Å². The second kappa shape index (κ2) is 7.74. The van der Waals surface area contributed by atoms with Crippen molar-refractivity contribution in [2.75, 3.05) is 0 Å². The van der Waals surface area contributed by atoms with Gasteiger partial charge < -0.3 is 21.3 Å².